The van der Waals surface area contributed by atoms with E-state index in [1.165, 1.54) is 31.4 Å². The highest BCUT2D eigenvalue weighted by molar-refractivity contribution is 7.10. The normalized spacial score (nSPS) is 14.3. The van der Waals surface area contributed by atoms with Gasteiger partial charge >= 0.3 is 0 Å². The summed E-state index contributed by atoms with van der Waals surface area (Å²) in [5, 5.41) is 12.9. The van der Waals surface area contributed by atoms with Crippen LogP contribution in [-0.4, -0.2) is 78.1 Å². The Morgan fingerprint density at radius 2 is 1.54 bits per heavy atom. The topological polar surface area (TPSA) is 76.4 Å². The van der Waals surface area contributed by atoms with Gasteiger partial charge in [0.25, 0.3) is 0 Å². The fourth-order valence-electron chi connectivity index (χ4n) is 6.99. The Morgan fingerprint density at radius 3 is 2.19 bits per heavy atom. The minimum atomic E-state index is -0.635. The molecule has 3 aromatic rings. The van der Waals surface area contributed by atoms with Gasteiger partial charge in [-0.15, -0.1) is 11.3 Å². The van der Waals surface area contributed by atoms with Gasteiger partial charge < -0.3 is 28.6 Å². The number of fused-ring (bicyclic) bond motifs is 1. The molecule has 2 aromatic carbocycles. The SMILES string of the molecule is COc1cc(OC)c(CCN(CCCCCN2CCc3sccc3C2)CCCC(C#N)(c2ccc(OC)c(OC)c2)C(C)C)c(OC)c1. The van der Waals surface area contributed by atoms with Gasteiger partial charge in [-0.25, -0.2) is 0 Å². The van der Waals surface area contributed by atoms with E-state index in [9.17, 15) is 5.26 Å². The van der Waals surface area contributed by atoms with Gasteiger partial charge in [-0.3, -0.25) is 4.90 Å². The molecule has 1 unspecified atom stereocenters. The van der Waals surface area contributed by atoms with Crippen molar-refractivity contribution in [3.05, 3.63) is 63.3 Å². The van der Waals surface area contributed by atoms with Crippen LogP contribution in [-0.2, 0) is 24.8 Å². The molecule has 0 bridgehead atoms. The van der Waals surface area contributed by atoms with Gasteiger partial charge in [-0.2, -0.15) is 5.26 Å². The second-order valence-electron chi connectivity index (χ2n) is 13.0. The molecule has 4 rings (SSSR count). The van der Waals surface area contributed by atoms with Crippen molar-refractivity contribution in [3.8, 4) is 34.8 Å². The summed E-state index contributed by atoms with van der Waals surface area (Å²) >= 11 is 1.90. The van der Waals surface area contributed by atoms with Crippen molar-refractivity contribution >= 4 is 11.3 Å². The lowest BCUT2D eigenvalue weighted by Gasteiger charge is -2.33. The zero-order valence-electron chi connectivity index (χ0n) is 30.1. The summed E-state index contributed by atoms with van der Waals surface area (Å²) in [5.74, 6) is 3.71. The number of ether oxygens (including phenoxy) is 5. The van der Waals surface area contributed by atoms with Crippen molar-refractivity contribution in [2.24, 2.45) is 5.92 Å². The summed E-state index contributed by atoms with van der Waals surface area (Å²) in [7, 11) is 8.32. The maximum Gasteiger partial charge on any atom is 0.161 e. The predicted octanol–water partition coefficient (Wildman–Crippen LogP) is 7.76. The molecule has 48 heavy (non-hydrogen) atoms. The number of thiophene rings is 1. The standard InChI is InChI=1S/C39H55N3O5S/c1-29(2)39(28-40,31-12-13-34(44-4)37(24-31)47-7)17-11-20-41(21-14-33-35(45-5)25-32(43-3)26-36(33)46-6)18-9-8-10-19-42-22-15-38-30(27-42)16-23-48-38/h12-13,16,23-26,29H,8-11,14-15,17-22,27H2,1-7H3. The molecule has 0 spiro atoms. The molecule has 9 heteroatoms. The smallest absolute Gasteiger partial charge is 0.161 e. The molecule has 2 heterocycles. The Kier molecular flexibility index (Phi) is 14.3. The number of nitrogens with zero attached hydrogens (tertiary/aromatic N) is 3. The van der Waals surface area contributed by atoms with E-state index in [1.54, 1.807) is 40.4 Å². The third kappa shape index (κ3) is 9.16. The summed E-state index contributed by atoms with van der Waals surface area (Å²) in [4.78, 5) is 6.73. The van der Waals surface area contributed by atoms with E-state index in [0.29, 0.717) is 17.2 Å². The lowest BCUT2D eigenvalue weighted by molar-refractivity contribution is 0.233. The number of nitriles is 1. The molecule has 0 fully saturated rings. The third-order valence-corrected chi connectivity index (χ3v) is 11.0. The van der Waals surface area contributed by atoms with Crippen LogP contribution in [0.2, 0.25) is 0 Å². The average molecular weight is 678 g/mol. The van der Waals surface area contributed by atoms with E-state index >= 15 is 0 Å². The van der Waals surface area contributed by atoms with Gasteiger partial charge in [0.15, 0.2) is 11.5 Å². The van der Waals surface area contributed by atoms with Crippen molar-refractivity contribution in [1.29, 1.82) is 5.26 Å². The number of hydrogen-bond donors (Lipinski definition) is 0. The van der Waals surface area contributed by atoms with Crippen LogP contribution in [0.15, 0.2) is 41.8 Å². The molecule has 0 N–H and O–H groups in total. The van der Waals surface area contributed by atoms with Crippen LogP contribution in [0.5, 0.6) is 28.7 Å². The molecule has 262 valence electrons. The van der Waals surface area contributed by atoms with E-state index in [1.807, 2.05) is 41.7 Å². The van der Waals surface area contributed by atoms with Crippen molar-refractivity contribution in [1.82, 2.24) is 9.80 Å². The van der Waals surface area contributed by atoms with Gasteiger partial charge in [-0.05, 0) is 98.8 Å². The highest BCUT2D eigenvalue weighted by Gasteiger charge is 2.36. The minimum Gasteiger partial charge on any atom is -0.496 e. The van der Waals surface area contributed by atoms with Gasteiger partial charge in [-0.1, -0.05) is 26.3 Å². The Morgan fingerprint density at radius 1 is 0.833 bits per heavy atom. The van der Waals surface area contributed by atoms with E-state index in [2.05, 4.69) is 41.2 Å². The zero-order chi connectivity index (χ0) is 34.5. The highest BCUT2D eigenvalue weighted by atomic mass is 32.1. The molecule has 0 radical (unpaired) electrons. The van der Waals surface area contributed by atoms with E-state index in [-0.39, 0.29) is 5.92 Å². The molecule has 1 aliphatic rings. The van der Waals surface area contributed by atoms with Crippen molar-refractivity contribution in [2.75, 3.05) is 68.3 Å². The van der Waals surface area contributed by atoms with Crippen molar-refractivity contribution in [3.63, 3.8) is 0 Å². The maximum absolute atomic E-state index is 10.6. The van der Waals surface area contributed by atoms with E-state index in [4.69, 9.17) is 23.7 Å². The first-order valence-electron chi connectivity index (χ1n) is 17.2. The summed E-state index contributed by atoms with van der Waals surface area (Å²) < 4.78 is 28.1. The lowest BCUT2D eigenvalue weighted by Crippen LogP contribution is -2.34. The molecule has 0 amide bonds. The van der Waals surface area contributed by atoms with Crippen LogP contribution in [0.25, 0.3) is 0 Å². The van der Waals surface area contributed by atoms with Gasteiger partial charge in [0, 0.05) is 42.2 Å². The Labute approximate surface area is 292 Å². The minimum absolute atomic E-state index is 0.127. The summed E-state index contributed by atoms with van der Waals surface area (Å²) in [6.07, 6.45) is 7.16. The third-order valence-electron chi connectivity index (χ3n) is 9.96. The molecule has 1 atom stereocenters. The molecule has 8 nitrogen and oxygen atoms in total. The quantitative estimate of drug-likeness (QED) is 0.112. The Bertz CT molecular complexity index is 1460. The van der Waals surface area contributed by atoms with E-state index in [0.717, 1.165) is 81.0 Å². The lowest BCUT2D eigenvalue weighted by atomic mass is 9.69. The number of methoxy groups -OCH3 is 5. The van der Waals surface area contributed by atoms with Gasteiger partial charge in [0.1, 0.15) is 17.2 Å². The van der Waals surface area contributed by atoms with Crippen LogP contribution in [0.4, 0.5) is 0 Å². The molecule has 0 saturated heterocycles. The molecule has 0 saturated carbocycles. The molecule has 1 aliphatic heterocycles. The first-order chi connectivity index (χ1) is 23.3. The predicted molar refractivity (Wildman–Crippen MR) is 194 cm³/mol. The number of rotatable bonds is 20. The van der Waals surface area contributed by atoms with Crippen LogP contribution < -0.4 is 23.7 Å². The fourth-order valence-corrected chi connectivity index (χ4v) is 7.88. The second-order valence-corrected chi connectivity index (χ2v) is 14.0. The summed E-state index contributed by atoms with van der Waals surface area (Å²) in [6.45, 7) is 10.5. The monoisotopic (exact) mass is 677 g/mol. The first kappa shape index (κ1) is 37.4. The first-order valence-corrected chi connectivity index (χ1v) is 18.1. The summed E-state index contributed by atoms with van der Waals surface area (Å²) in [5.41, 5.74) is 2.90. The molecular weight excluding hydrogens is 623 g/mol. The second kappa shape index (κ2) is 18.4. The van der Waals surface area contributed by atoms with Crippen LogP contribution in [0, 0.1) is 17.2 Å². The van der Waals surface area contributed by atoms with Crippen molar-refractivity contribution < 1.29 is 23.7 Å². The number of hydrogen-bond acceptors (Lipinski definition) is 9. The van der Waals surface area contributed by atoms with E-state index < -0.39 is 5.41 Å². The Hall–Kier alpha value is -3.45. The fraction of sp³-hybridized carbons (Fsp3) is 0.564. The Balaban J connectivity index is 1.43. The van der Waals surface area contributed by atoms with Gasteiger partial charge in [0.05, 0.1) is 47.0 Å². The summed E-state index contributed by atoms with van der Waals surface area (Å²) in [6, 6.07) is 14.8. The molecule has 0 aliphatic carbocycles. The zero-order valence-corrected chi connectivity index (χ0v) is 30.9. The van der Waals surface area contributed by atoms with Crippen LogP contribution >= 0.6 is 11.3 Å². The highest BCUT2D eigenvalue weighted by Crippen LogP contribution is 2.41. The molecule has 1 aromatic heterocycles. The van der Waals surface area contributed by atoms with Crippen LogP contribution in [0.1, 0.15) is 67.5 Å². The van der Waals surface area contributed by atoms with Gasteiger partial charge in [0.2, 0.25) is 0 Å². The number of benzene rings is 2. The molecular formula is C39H55N3O5S. The average Bonchev–Trinajstić information content (AvgIpc) is 3.59. The largest absolute Gasteiger partial charge is 0.496 e. The number of unbranched alkanes of at least 4 members (excludes halogenated alkanes) is 2. The van der Waals surface area contributed by atoms with Crippen molar-refractivity contribution in [2.45, 2.75) is 70.8 Å². The van der Waals surface area contributed by atoms with Crippen LogP contribution in [0.3, 0.4) is 0 Å². The maximum atomic E-state index is 10.6.